The Morgan fingerprint density at radius 2 is 1.67 bits per heavy atom. The molecule has 9 heteroatoms. The van der Waals surface area contributed by atoms with E-state index in [1.807, 2.05) is 45.9 Å². The molecule has 1 rings (SSSR count). The molecule has 0 spiro atoms. The predicted molar refractivity (Wildman–Crippen MR) is 138 cm³/mol. The van der Waals surface area contributed by atoms with Gasteiger partial charge in [0, 0.05) is 12.6 Å². The standard InChI is InChI=1S/C27H43N3O6/c1-10-19(5)30(25(33)20(6)29-26(34)36-27(7,8)9)23(21-13-12-17(3)18(4)16-21)24(32)28-15-14-22(31)35-11-2/h12-13,16,19-20,23H,10-11,14-15H2,1-9H3,(H,28,32)(H,29,34). The first-order valence-electron chi connectivity index (χ1n) is 12.5. The number of aryl methyl sites for hydroxylation is 2. The van der Waals surface area contributed by atoms with Crippen LogP contribution in [-0.4, -0.2) is 59.6 Å². The summed E-state index contributed by atoms with van der Waals surface area (Å²) in [6.07, 6.45) is -0.107. The van der Waals surface area contributed by atoms with Gasteiger partial charge < -0.3 is 25.0 Å². The monoisotopic (exact) mass is 505 g/mol. The maximum atomic E-state index is 13.7. The number of nitrogens with one attached hydrogen (secondary N) is 2. The number of hydrogen-bond acceptors (Lipinski definition) is 6. The van der Waals surface area contributed by atoms with Crippen molar-refractivity contribution < 1.29 is 28.7 Å². The lowest BCUT2D eigenvalue weighted by Crippen LogP contribution is -2.54. The van der Waals surface area contributed by atoms with Crippen LogP contribution >= 0.6 is 0 Å². The van der Waals surface area contributed by atoms with Crippen molar-refractivity contribution >= 4 is 23.9 Å². The second-order valence-corrected chi connectivity index (χ2v) is 9.96. The van der Waals surface area contributed by atoms with Crippen molar-refractivity contribution in [2.75, 3.05) is 13.2 Å². The van der Waals surface area contributed by atoms with E-state index in [0.717, 1.165) is 11.1 Å². The highest BCUT2D eigenvalue weighted by molar-refractivity contribution is 5.92. The number of carbonyl (C=O) groups excluding carboxylic acids is 4. The zero-order valence-electron chi connectivity index (χ0n) is 23.2. The lowest BCUT2D eigenvalue weighted by atomic mass is 9.97. The van der Waals surface area contributed by atoms with Gasteiger partial charge in [-0.1, -0.05) is 25.1 Å². The lowest BCUT2D eigenvalue weighted by molar-refractivity contribution is -0.145. The van der Waals surface area contributed by atoms with Crippen molar-refractivity contribution in [3.05, 3.63) is 34.9 Å². The summed E-state index contributed by atoms with van der Waals surface area (Å²) in [6.45, 7) is 16.5. The fraction of sp³-hybridized carbons (Fsp3) is 0.630. The average Bonchev–Trinajstić information content (AvgIpc) is 2.77. The Hall–Kier alpha value is -3.10. The van der Waals surface area contributed by atoms with Gasteiger partial charge in [0.15, 0.2) is 0 Å². The normalized spacial score (nSPS) is 13.7. The van der Waals surface area contributed by atoms with Gasteiger partial charge in [0.1, 0.15) is 17.7 Å². The van der Waals surface area contributed by atoms with Gasteiger partial charge in [0.2, 0.25) is 11.8 Å². The Morgan fingerprint density at radius 1 is 1.03 bits per heavy atom. The molecule has 0 heterocycles. The fourth-order valence-electron chi connectivity index (χ4n) is 3.56. The molecule has 0 bridgehead atoms. The molecule has 0 aliphatic heterocycles. The zero-order valence-corrected chi connectivity index (χ0v) is 23.2. The van der Waals surface area contributed by atoms with E-state index in [1.54, 1.807) is 34.6 Å². The van der Waals surface area contributed by atoms with Crippen LogP contribution in [0.25, 0.3) is 0 Å². The van der Waals surface area contributed by atoms with Gasteiger partial charge in [-0.15, -0.1) is 0 Å². The summed E-state index contributed by atoms with van der Waals surface area (Å²) in [6, 6.07) is 3.41. The molecule has 0 aliphatic rings. The Bertz CT molecular complexity index is 925. The van der Waals surface area contributed by atoms with Crippen LogP contribution in [-0.2, 0) is 23.9 Å². The third kappa shape index (κ3) is 9.51. The molecule has 3 unspecified atom stereocenters. The third-order valence-electron chi connectivity index (χ3n) is 5.73. The second kappa shape index (κ2) is 13.8. The van der Waals surface area contributed by atoms with Crippen molar-refractivity contribution in [1.29, 1.82) is 0 Å². The van der Waals surface area contributed by atoms with Crippen LogP contribution in [0.1, 0.15) is 84.0 Å². The predicted octanol–water partition coefficient (Wildman–Crippen LogP) is 3.95. The van der Waals surface area contributed by atoms with E-state index in [2.05, 4.69) is 10.6 Å². The number of amides is 3. The van der Waals surface area contributed by atoms with E-state index in [9.17, 15) is 19.2 Å². The summed E-state index contributed by atoms with van der Waals surface area (Å²) in [5.74, 6) is -1.25. The van der Waals surface area contributed by atoms with Gasteiger partial charge in [0.25, 0.3) is 0 Å². The summed E-state index contributed by atoms with van der Waals surface area (Å²) in [7, 11) is 0. The molecule has 2 N–H and O–H groups in total. The van der Waals surface area contributed by atoms with Crippen molar-refractivity contribution in [2.24, 2.45) is 0 Å². The summed E-state index contributed by atoms with van der Waals surface area (Å²) >= 11 is 0. The first-order chi connectivity index (χ1) is 16.7. The SMILES string of the molecule is CCOC(=O)CCNC(=O)C(c1ccc(C)c(C)c1)N(C(=O)C(C)NC(=O)OC(C)(C)C)C(C)CC. The van der Waals surface area contributed by atoms with E-state index < -0.39 is 41.6 Å². The van der Waals surface area contributed by atoms with Crippen LogP contribution in [0.5, 0.6) is 0 Å². The average molecular weight is 506 g/mol. The maximum Gasteiger partial charge on any atom is 0.408 e. The van der Waals surface area contributed by atoms with Gasteiger partial charge in [0.05, 0.1) is 13.0 Å². The molecule has 3 atom stereocenters. The third-order valence-corrected chi connectivity index (χ3v) is 5.73. The van der Waals surface area contributed by atoms with Crippen LogP contribution in [0.2, 0.25) is 0 Å². The van der Waals surface area contributed by atoms with Crippen molar-refractivity contribution in [1.82, 2.24) is 15.5 Å². The van der Waals surface area contributed by atoms with Gasteiger partial charge in [-0.2, -0.15) is 0 Å². The van der Waals surface area contributed by atoms with Gasteiger partial charge >= 0.3 is 12.1 Å². The van der Waals surface area contributed by atoms with Crippen LogP contribution in [0.3, 0.4) is 0 Å². The summed E-state index contributed by atoms with van der Waals surface area (Å²) in [5.41, 5.74) is 1.96. The molecular formula is C27H43N3O6. The summed E-state index contributed by atoms with van der Waals surface area (Å²) in [4.78, 5) is 52.8. The number of ether oxygens (including phenoxy) is 2. The molecule has 0 aliphatic carbocycles. The van der Waals surface area contributed by atoms with E-state index in [4.69, 9.17) is 9.47 Å². The number of benzene rings is 1. The summed E-state index contributed by atoms with van der Waals surface area (Å²) in [5, 5.41) is 5.37. The summed E-state index contributed by atoms with van der Waals surface area (Å²) < 4.78 is 10.2. The van der Waals surface area contributed by atoms with Crippen molar-refractivity contribution in [3.8, 4) is 0 Å². The molecule has 3 amide bonds. The van der Waals surface area contributed by atoms with E-state index in [-0.39, 0.29) is 25.6 Å². The maximum absolute atomic E-state index is 13.7. The highest BCUT2D eigenvalue weighted by atomic mass is 16.6. The molecular weight excluding hydrogens is 462 g/mol. The Balaban J connectivity index is 3.33. The molecule has 0 aromatic heterocycles. The minimum atomic E-state index is -0.961. The van der Waals surface area contributed by atoms with Crippen LogP contribution < -0.4 is 10.6 Å². The molecule has 0 saturated heterocycles. The van der Waals surface area contributed by atoms with E-state index in [0.29, 0.717) is 12.0 Å². The molecule has 0 fully saturated rings. The number of alkyl carbamates (subject to hydrolysis) is 1. The molecule has 1 aromatic carbocycles. The van der Waals surface area contributed by atoms with E-state index in [1.165, 1.54) is 4.90 Å². The fourth-order valence-corrected chi connectivity index (χ4v) is 3.56. The Kier molecular flexibility index (Phi) is 11.9. The zero-order chi connectivity index (χ0) is 27.6. The molecule has 0 saturated carbocycles. The van der Waals surface area contributed by atoms with Crippen LogP contribution in [0, 0.1) is 13.8 Å². The molecule has 0 radical (unpaired) electrons. The number of esters is 1. The Labute approximate surface area is 215 Å². The highest BCUT2D eigenvalue weighted by Crippen LogP contribution is 2.27. The first kappa shape index (κ1) is 30.9. The smallest absolute Gasteiger partial charge is 0.408 e. The van der Waals surface area contributed by atoms with Crippen LogP contribution in [0.4, 0.5) is 4.79 Å². The van der Waals surface area contributed by atoms with Crippen LogP contribution in [0.15, 0.2) is 18.2 Å². The van der Waals surface area contributed by atoms with Gasteiger partial charge in [-0.3, -0.25) is 14.4 Å². The molecule has 1 aromatic rings. The second-order valence-electron chi connectivity index (χ2n) is 9.96. The Morgan fingerprint density at radius 3 is 2.19 bits per heavy atom. The number of rotatable bonds is 11. The molecule has 9 nitrogen and oxygen atoms in total. The van der Waals surface area contributed by atoms with Crippen molar-refractivity contribution in [2.45, 2.75) is 98.9 Å². The lowest BCUT2D eigenvalue weighted by Gasteiger charge is -2.37. The number of nitrogens with zero attached hydrogens (tertiary/aromatic N) is 1. The minimum Gasteiger partial charge on any atom is -0.466 e. The van der Waals surface area contributed by atoms with E-state index >= 15 is 0 Å². The van der Waals surface area contributed by atoms with Gasteiger partial charge in [-0.25, -0.2) is 4.79 Å². The molecule has 202 valence electrons. The number of carbonyl (C=O) groups is 4. The minimum absolute atomic E-state index is 0.0209. The molecule has 36 heavy (non-hydrogen) atoms. The van der Waals surface area contributed by atoms with Gasteiger partial charge in [-0.05, 0) is 78.5 Å². The first-order valence-corrected chi connectivity index (χ1v) is 12.5. The highest BCUT2D eigenvalue weighted by Gasteiger charge is 2.37. The number of hydrogen-bond donors (Lipinski definition) is 2. The quantitative estimate of drug-likeness (QED) is 0.440. The topological polar surface area (TPSA) is 114 Å². The largest absolute Gasteiger partial charge is 0.466 e. The van der Waals surface area contributed by atoms with Crippen molar-refractivity contribution in [3.63, 3.8) is 0 Å².